The summed E-state index contributed by atoms with van der Waals surface area (Å²) in [5, 5.41) is 3.38. The number of nitrogens with one attached hydrogen (secondary N) is 1. The van der Waals surface area contributed by atoms with Crippen LogP contribution in [-0.4, -0.2) is 59.9 Å². The molecule has 2 aliphatic rings. The summed E-state index contributed by atoms with van der Waals surface area (Å²) in [6.45, 7) is 10.9. The molecule has 1 fully saturated rings. The zero-order valence-corrected chi connectivity index (χ0v) is 20.8. The molecular weight excluding hydrogens is 426 g/mol. The lowest BCUT2D eigenvalue weighted by Gasteiger charge is -2.39. The lowest BCUT2D eigenvalue weighted by molar-refractivity contribution is -0.140. The predicted molar refractivity (Wildman–Crippen MR) is 134 cm³/mol. The summed E-state index contributed by atoms with van der Waals surface area (Å²) in [5.41, 5.74) is 3.40. The minimum atomic E-state index is -0.518. The van der Waals surface area contributed by atoms with Crippen LogP contribution < -0.4 is 10.1 Å². The second-order valence-corrected chi connectivity index (χ2v) is 9.76. The van der Waals surface area contributed by atoms with Gasteiger partial charge in [0, 0.05) is 38.1 Å². The van der Waals surface area contributed by atoms with Crippen LogP contribution in [0, 0.1) is 5.92 Å². The Morgan fingerprint density at radius 3 is 2.53 bits per heavy atom. The highest BCUT2D eigenvalue weighted by Crippen LogP contribution is 2.38. The summed E-state index contributed by atoms with van der Waals surface area (Å²) >= 11 is 0. The summed E-state index contributed by atoms with van der Waals surface area (Å²) < 4.78 is 6.29. The van der Waals surface area contributed by atoms with E-state index in [9.17, 15) is 9.59 Å². The molecule has 6 heteroatoms. The molecule has 3 atom stereocenters. The van der Waals surface area contributed by atoms with Gasteiger partial charge in [-0.25, -0.2) is 0 Å². The molecule has 3 unspecified atom stereocenters. The molecule has 0 aromatic heterocycles. The topological polar surface area (TPSA) is 61.9 Å². The second kappa shape index (κ2) is 10.6. The van der Waals surface area contributed by atoms with Gasteiger partial charge in [-0.15, -0.1) is 0 Å². The Kier molecular flexibility index (Phi) is 7.57. The predicted octanol–water partition coefficient (Wildman–Crippen LogP) is 3.79. The van der Waals surface area contributed by atoms with E-state index in [2.05, 4.69) is 30.4 Å². The number of rotatable bonds is 6. The van der Waals surface area contributed by atoms with Crippen molar-refractivity contribution in [3.63, 3.8) is 0 Å². The van der Waals surface area contributed by atoms with Gasteiger partial charge in [-0.3, -0.25) is 9.59 Å². The van der Waals surface area contributed by atoms with Crippen molar-refractivity contribution in [2.45, 2.75) is 58.7 Å². The van der Waals surface area contributed by atoms with Crippen molar-refractivity contribution < 1.29 is 14.3 Å². The van der Waals surface area contributed by atoms with Gasteiger partial charge in [0.25, 0.3) is 5.91 Å². The molecule has 4 rings (SSSR count). The molecule has 1 saturated heterocycles. The standard InChI is InChI=1S/C28H37N3O3/c1-5-25(28(33)30-16-14-29-20(4)18-30)34-23-12-11-21-13-15-31(27(32)19(2)3)26(24(21)17-23)22-9-7-6-8-10-22/h6-12,17,19-20,25-26,29H,5,13-16,18H2,1-4H3. The summed E-state index contributed by atoms with van der Waals surface area (Å²) in [6.07, 6.45) is 0.899. The van der Waals surface area contributed by atoms with Crippen LogP contribution in [0.4, 0.5) is 0 Å². The first kappa shape index (κ1) is 24.3. The van der Waals surface area contributed by atoms with Gasteiger partial charge >= 0.3 is 0 Å². The minimum Gasteiger partial charge on any atom is -0.481 e. The van der Waals surface area contributed by atoms with Crippen LogP contribution in [0.2, 0.25) is 0 Å². The molecule has 0 spiro atoms. The summed E-state index contributed by atoms with van der Waals surface area (Å²) in [5.74, 6) is 0.808. The van der Waals surface area contributed by atoms with Crippen molar-refractivity contribution >= 4 is 11.8 Å². The SMILES string of the molecule is CCC(Oc1ccc2c(c1)C(c1ccccc1)N(C(=O)C(C)C)CC2)C(=O)N1CCNC(C)C1. The lowest BCUT2D eigenvalue weighted by Crippen LogP contribution is -2.54. The van der Waals surface area contributed by atoms with Crippen LogP contribution in [0.5, 0.6) is 5.75 Å². The fourth-order valence-corrected chi connectivity index (χ4v) is 5.04. The Balaban J connectivity index is 1.63. The van der Waals surface area contributed by atoms with Gasteiger partial charge in [-0.05, 0) is 48.6 Å². The zero-order chi connectivity index (χ0) is 24.2. The Bertz CT molecular complexity index is 1010. The quantitative estimate of drug-likeness (QED) is 0.708. The molecule has 2 aromatic carbocycles. The Morgan fingerprint density at radius 2 is 1.85 bits per heavy atom. The molecule has 34 heavy (non-hydrogen) atoms. The largest absolute Gasteiger partial charge is 0.481 e. The molecule has 2 amide bonds. The van der Waals surface area contributed by atoms with Gasteiger partial charge in [-0.1, -0.05) is 57.2 Å². The van der Waals surface area contributed by atoms with E-state index in [1.807, 2.05) is 60.9 Å². The third-order valence-electron chi connectivity index (χ3n) is 6.84. The average Bonchev–Trinajstić information content (AvgIpc) is 2.86. The zero-order valence-electron chi connectivity index (χ0n) is 20.8. The smallest absolute Gasteiger partial charge is 0.263 e. The summed E-state index contributed by atoms with van der Waals surface area (Å²) in [6, 6.07) is 16.4. The van der Waals surface area contributed by atoms with Crippen molar-refractivity contribution in [1.29, 1.82) is 0 Å². The summed E-state index contributed by atoms with van der Waals surface area (Å²) in [7, 11) is 0. The molecule has 6 nitrogen and oxygen atoms in total. The van der Waals surface area contributed by atoms with E-state index in [1.165, 1.54) is 5.56 Å². The molecule has 182 valence electrons. The number of nitrogens with zero attached hydrogens (tertiary/aromatic N) is 2. The van der Waals surface area contributed by atoms with E-state index in [0.717, 1.165) is 24.1 Å². The van der Waals surface area contributed by atoms with Gasteiger partial charge in [-0.2, -0.15) is 0 Å². The van der Waals surface area contributed by atoms with Gasteiger partial charge < -0.3 is 19.9 Å². The third kappa shape index (κ3) is 5.12. The molecule has 0 bridgehead atoms. The Labute approximate surface area is 203 Å². The van der Waals surface area contributed by atoms with E-state index >= 15 is 0 Å². The van der Waals surface area contributed by atoms with Gasteiger partial charge in [0.2, 0.25) is 5.91 Å². The van der Waals surface area contributed by atoms with Crippen LogP contribution in [0.15, 0.2) is 48.5 Å². The second-order valence-electron chi connectivity index (χ2n) is 9.76. The average molecular weight is 464 g/mol. The number of hydrogen-bond donors (Lipinski definition) is 1. The highest BCUT2D eigenvalue weighted by molar-refractivity contribution is 5.81. The number of amides is 2. The maximum atomic E-state index is 13.2. The molecule has 1 N–H and O–H groups in total. The van der Waals surface area contributed by atoms with Crippen molar-refractivity contribution in [3.05, 3.63) is 65.2 Å². The number of ether oxygens (including phenoxy) is 1. The highest BCUT2D eigenvalue weighted by Gasteiger charge is 2.34. The van der Waals surface area contributed by atoms with Crippen LogP contribution >= 0.6 is 0 Å². The van der Waals surface area contributed by atoms with E-state index < -0.39 is 6.10 Å². The Hall–Kier alpha value is -2.86. The first-order valence-electron chi connectivity index (χ1n) is 12.6. The number of carbonyl (C=O) groups is 2. The maximum absolute atomic E-state index is 13.2. The number of benzene rings is 2. The fraction of sp³-hybridized carbons (Fsp3) is 0.500. The third-order valence-corrected chi connectivity index (χ3v) is 6.84. The van der Waals surface area contributed by atoms with Crippen LogP contribution in [0.3, 0.4) is 0 Å². The monoisotopic (exact) mass is 463 g/mol. The Morgan fingerprint density at radius 1 is 1.09 bits per heavy atom. The molecule has 0 saturated carbocycles. The molecule has 0 aliphatic carbocycles. The van der Waals surface area contributed by atoms with E-state index in [1.54, 1.807) is 0 Å². The van der Waals surface area contributed by atoms with E-state index in [-0.39, 0.29) is 29.8 Å². The molecule has 2 heterocycles. The van der Waals surface area contributed by atoms with Gasteiger partial charge in [0.1, 0.15) is 5.75 Å². The van der Waals surface area contributed by atoms with Crippen LogP contribution in [-0.2, 0) is 16.0 Å². The van der Waals surface area contributed by atoms with Crippen molar-refractivity contribution in [2.75, 3.05) is 26.2 Å². The van der Waals surface area contributed by atoms with Gasteiger partial charge in [0.15, 0.2) is 6.10 Å². The van der Waals surface area contributed by atoms with Crippen molar-refractivity contribution in [2.24, 2.45) is 5.92 Å². The normalized spacial score (nSPS) is 21.2. The summed E-state index contributed by atoms with van der Waals surface area (Å²) in [4.78, 5) is 30.2. The fourth-order valence-electron chi connectivity index (χ4n) is 5.04. The molecule has 0 radical (unpaired) electrons. The first-order valence-corrected chi connectivity index (χ1v) is 12.6. The van der Waals surface area contributed by atoms with Crippen molar-refractivity contribution in [3.8, 4) is 5.75 Å². The van der Waals surface area contributed by atoms with E-state index in [0.29, 0.717) is 31.8 Å². The van der Waals surface area contributed by atoms with E-state index in [4.69, 9.17) is 4.74 Å². The number of hydrogen-bond acceptors (Lipinski definition) is 4. The van der Waals surface area contributed by atoms with Crippen molar-refractivity contribution in [1.82, 2.24) is 15.1 Å². The first-order chi connectivity index (χ1) is 16.4. The number of piperazine rings is 1. The number of carbonyl (C=O) groups excluding carboxylic acids is 2. The maximum Gasteiger partial charge on any atom is 0.263 e. The lowest BCUT2D eigenvalue weighted by atomic mass is 9.87. The number of fused-ring (bicyclic) bond motifs is 1. The highest BCUT2D eigenvalue weighted by atomic mass is 16.5. The minimum absolute atomic E-state index is 0.0461. The molecule has 2 aliphatic heterocycles. The van der Waals surface area contributed by atoms with Gasteiger partial charge in [0.05, 0.1) is 6.04 Å². The molecule has 2 aromatic rings. The van der Waals surface area contributed by atoms with Crippen LogP contribution in [0.25, 0.3) is 0 Å². The molecular formula is C28H37N3O3. The van der Waals surface area contributed by atoms with Crippen LogP contribution in [0.1, 0.15) is 56.8 Å².